The van der Waals surface area contributed by atoms with Crippen LogP contribution < -0.4 is 15.8 Å². The van der Waals surface area contributed by atoms with Gasteiger partial charge in [-0.15, -0.1) is 11.3 Å². The zero-order chi connectivity index (χ0) is 23.4. The molecule has 9 heteroatoms. The average Bonchev–Trinajstić information content (AvgIpc) is 3.55. The lowest BCUT2D eigenvalue weighted by Crippen LogP contribution is -2.20. The third-order valence-electron chi connectivity index (χ3n) is 6.02. The zero-order valence-corrected chi connectivity index (χ0v) is 19.7. The average molecular weight is 472 g/mol. The quantitative estimate of drug-likeness (QED) is 0.331. The summed E-state index contributed by atoms with van der Waals surface area (Å²) in [5.41, 5.74) is 12.7. The third-order valence-corrected chi connectivity index (χ3v) is 7.03. The number of H-pyrrole nitrogens is 1. The first kappa shape index (κ1) is 20.8. The van der Waals surface area contributed by atoms with E-state index in [0.29, 0.717) is 11.3 Å². The molecule has 0 radical (unpaired) electrons. The van der Waals surface area contributed by atoms with Crippen LogP contribution in [0, 0.1) is 12.7 Å². The summed E-state index contributed by atoms with van der Waals surface area (Å²) in [5.74, 6) is 0.428. The van der Waals surface area contributed by atoms with Gasteiger partial charge in [0.2, 0.25) is 0 Å². The molecule has 0 saturated carbocycles. The molecule has 0 saturated heterocycles. The number of imidazole rings is 1. The standard InChI is InChI=1S/C25H22FN7S/c1-13-4-5-21(34-13)24-23-19(6-7-28-24)29-25(30-23)22-17-9-16(18(26)10-20(17)31-32-22)14-8-15(33(2)3)12-27-11-14/h4-12,22,31-32H,1-3H3,(H,29,30). The highest BCUT2D eigenvalue weighted by molar-refractivity contribution is 7.15. The number of nitrogens with one attached hydrogen (secondary N) is 3. The Morgan fingerprint density at radius 2 is 1.97 bits per heavy atom. The first-order valence-electron chi connectivity index (χ1n) is 10.9. The Morgan fingerprint density at radius 1 is 1.09 bits per heavy atom. The summed E-state index contributed by atoms with van der Waals surface area (Å²) in [6, 6.07) is 11.1. The van der Waals surface area contributed by atoms with Gasteiger partial charge in [-0.1, -0.05) is 0 Å². The molecule has 0 bridgehead atoms. The number of aromatic amines is 1. The molecule has 1 aromatic carbocycles. The van der Waals surface area contributed by atoms with Crippen LogP contribution in [0.2, 0.25) is 0 Å². The molecule has 1 aliphatic heterocycles. The maximum absolute atomic E-state index is 15.1. The van der Waals surface area contributed by atoms with Crippen molar-refractivity contribution >= 4 is 33.7 Å². The first-order valence-corrected chi connectivity index (χ1v) is 11.7. The minimum atomic E-state index is -0.310. The van der Waals surface area contributed by atoms with E-state index < -0.39 is 0 Å². The molecule has 1 atom stereocenters. The fraction of sp³-hybridized carbons (Fsp3) is 0.160. The van der Waals surface area contributed by atoms with Crippen molar-refractivity contribution in [2.75, 3.05) is 24.4 Å². The molecule has 4 aromatic heterocycles. The van der Waals surface area contributed by atoms with Gasteiger partial charge in [0, 0.05) is 48.1 Å². The molecule has 3 N–H and O–H groups in total. The van der Waals surface area contributed by atoms with Gasteiger partial charge < -0.3 is 15.3 Å². The number of pyridine rings is 2. The number of rotatable bonds is 4. The number of hydrazine groups is 1. The highest BCUT2D eigenvalue weighted by Gasteiger charge is 2.29. The second kappa shape index (κ2) is 7.89. The molecule has 0 amide bonds. The molecule has 7 nitrogen and oxygen atoms in total. The summed E-state index contributed by atoms with van der Waals surface area (Å²) in [5, 5.41) is 0. The van der Waals surface area contributed by atoms with Gasteiger partial charge in [-0.05, 0) is 43.3 Å². The number of hydrogen-bond donors (Lipinski definition) is 3. The summed E-state index contributed by atoms with van der Waals surface area (Å²) in [6.45, 7) is 2.08. The molecule has 34 heavy (non-hydrogen) atoms. The monoisotopic (exact) mass is 471 g/mol. The first-order chi connectivity index (χ1) is 16.5. The van der Waals surface area contributed by atoms with Crippen LogP contribution >= 0.6 is 11.3 Å². The Balaban J connectivity index is 1.44. The molecule has 170 valence electrons. The Hall–Kier alpha value is -3.82. The zero-order valence-electron chi connectivity index (χ0n) is 18.8. The lowest BCUT2D eigenvalue weighted by Gasteiger charge is -2.14. The van der Waals surface area contributed by atoms with Crippen molar-refractivity contribution in [2.24, 2.45) is 0 Å². The Bertz CT molecular complexity index is 1540. The number of aromatic nitrogens is 4. The lowest BCUT2D eigenvalue weighted by atomic mass is 9.98. The highest BCUT2D eigenvalue weighted by atomic mass is 32.1. The second-order valence-electron chi connectivity index (χ2n) is 8.54. The number of benzene rings is 1. The molecule has 1 unspecified atom stereocenters. The molecule has 0 aliphatic carbocycles. The van der Waals surface area contributed by atoms with Crippen LogP contribution in [0.25, 0.3) is 32.7 Å². The SMILES string of the molecule is Cc1ccc(-c2nccc3[nH]c(C4NNc5cc(F)c(-c6cncc(N(C)C)c6)cc54)nc23)s1. The molecule has 5 heterocycles. The van der Waals surface area contributed by atoms with Crippen molar-refractivity contribution in [1.29, 1.82) is 0 Å². The van der Waals surface area contributed by atoms with E-state index in [-0.39, 0.29) is 11.9 Å². The fourth-order valence-electron chi connectivity index (χ4n) is 4.25. The Kier molecular flexibility index (Phi) is 4.82. The number of hydrogen-bond acceptors (Lipinski definition) is 7. The van der Waals surface area contributed by atoms with Crippen LogP contribution in [0.3, 0.4) is 0 Å². The van der Waals surface area contributed by atoms with Crippen molar-refractivity contribution in [3.63, 3.8) is 0 Å². The van der Waals surface area contributed by atoms with Crippen LogP contribution in [0.4, 0.5) is 15.8 Å². The van der Waals surface area contributed by atoms with Crippen LogP contribution in [0.1, 0.15) is 22.3 Å². The number of anilines is 2. The van der Waals surface area contributed by atoms with Crippen LogP contribution in [0.15, 0.2) is 55.0 Å². The summed E-state index contributed by atoms with van der Waals surface area (Å²) in [4.78, 5) is 21.5. The van der Waals surface area contributed by atoms with Crippen LogP contribution in [-0.4, -0.2) is 34.0 Å². The van der Waals surface area contributed by atoms with Crippen molar-refractivity contribution in [3.05, 3.63) is 77.1 Å². The maximum atomic E-state index is 15.1. The summed E-state index contributed by atoms with van der Waals surface area (Å²) >= 11 is 1.69. The van der Waals surface area contributed by atoms with Crippen molar-refractivity contribution in [3.8, 4) is 21.7 Å². The van der Waals surface area contributed by atoms with Crippen molar-refractivity contribution < 1.29 is 4.39 Å². The number of halogens is 1. The number of thiophene rings is 1. The molecule has 0 spiro atoms. The summed E-state index contributed by atoms with van der Waals surface area (Å²) < 4.78 is 15.1. The van der Waals surface area contributed by atoms with Crippen LogP contribution in [-0.2, 0) is 0 Å². The van der Waals surface area contributed by atoms with E-state index in [9.17, 15) is 0 Å². The smallest absolute Gasteiger partial charge is 0.133 e. The van der Waals surface area contributed by atoms with Gasteiger partial charge in [0.1, 0.15) is 28.9 Å². The molecule has 6 rings (SSSR count). The van der Waals surface area contributed by atoms with E-state index in [4.69, 9.17) is 4.98 Å². The van der Waals surface area contributed by atoms with Gasteiger partial charge in [0.05, 0.1) is 28.0 Å². The van der Waals surface area contributed by atoms with E-state index in [2.05, 4.69) is 44.9 Å². The molecular formula is C25H22FN7S. The second-order valence-corrected chi connectivity index (χ2v) is 9.82. The Labute approximate surface area is 199 Å². The molecule has 5 aromatic rings. The molecule has 1 aliphatic rings. The van der Waals surface area contributed by atoms with Gasteiger partial charge >= 0.3 is 0 Å². The predicted octanol–water partition coefficient (Wildman–Crippen LogP) is 5.28. The topological polar surface area (TPSA) is 81.8 Å². The van der Waals surface area contributed by atoms with E-state index in [1.165, 1.54) is 10.9 Å². The van der Waals surface area contributed by atoms with Crippen molar-refractivity contribution in [1.82, 2.24) is 25.4 Å². The predicted molar refractivity (Wildman–Crippen MR) is 134 cm³/mol. The summed E-state index contributed by atoms with van der Waals surface area (Å²) in [7, 11) is 3.87. The molecule has 0 fully saturated rings. The van der Waals surface area contributed by atoms with Gasteiger partial charge in [0.15, 0.2) is 0 Å². The van der Waals surface area contributed by atoms with Gasteiger partial charge in [-0.2, -0.15) is 0 Å². The molecular weight excluding hydrogens is 449 g/mol. The van der Waals surface area contributed by atoms with E-state index in [0.717, 1.165) is 44.2 Å². The largest absolute Gasteiger partial charge is 0.376 e. The third kappa shape index (κ3) is 3.41. The van der Waals surface area contributed by atoms with E-state index in [1.807, 2.05) is 37.2 Å². The van der Waals surface area contributed by atoms with Gasteiger partial charge in [0.25, 0.3) is 0 Å². The summed E-state index contributed by atoms with van der Waals surface area (Å²) in [6.07, 6.45) is 5.24. The normalized spacial score (nSPS) is 14.9. The van der Waals surface area contributed by atoms with E-state index >= 15 is 4.39 Å². The highest BCUT2D eigenvalue weighted by Crippen LogP contribution is 2.39. The van der Waals surface area contributed by atoms with E-state index in [1.54, 1.807) is 29.9 Å². The number of nitrogens with zero attached hydrogens (tertiary/aromatic N) is 4. The minimum Gasteiger partial charge on any atom is -0.376 e. The maximum Gasteiger partial charge on any atom is 0.133 e. The van der Waals surface area contributed by atoms with Gasteiger partial charge in [-0.25, -0.2) is 14.8 Å². The Morgan fingerprint density at radius 3 is 2.76 bits per heavy atom. The lowest BCUT2D eigenvalue weighted by molar-refractivity contribution is 0.631. The fourth-order valence-corrected chi connectivity index (χ4v) is 5.12. The number of fused-ring (bicyclic) bond motifs is 2. The van der Waals surface area contributed by atoms with Crippen molar-refractivity contribution in [2.45, 2.75) is 13.0 Å². The minimum absolute atomic E-state index is 0.273. The number of aryl methyl sites for hydroxylation is 1. The van der Waals surface area contributed by atoms with Gasteiger partial charge in [-0.3, -0.25) is 9.97 Å². The van der Waals surface area contributed by atoms with Crippen LogP contribution in [0.5, 0.6) is 0 Å².